The number of aliphatic carboxylic acids is 1. The van der Waals surface area contributed by atoms with Crippen LogP contribution in [0.25, 0.3) is 0 Å². The molecule has 0 aliphatic rings. The van der Waals surface area contributed by atoms with Crippen molar-refractivity contribution in [2.24, 2.45) is 0 Å². The summed E-state index contributed by atoms with van der Waals surface area (Å²) in [4.78, 5) is 16.7. The highest BCUT2D eigenvalue weighted by Crippen LogP contribution is 2.06. The van der Waals surface area contributed by atoms with Crippen molar-refractivity contribution in [1.82, 2.24) is 14.7 Å². The van der Waals surface area contributed by atoms with Crippen molar-refractivity contribution in [3.63, 3.8) is 0 Å². The number of rotatable bonds is 7. The van der Waals surface area contributed by atoms with Gasteiger partial charge in [0.15, 0.2) is 5.03 Å². The predicted molar refractivity (Wildman–Crippen MR) is 64.7 cm³/mol. The van der Waals surface area contributed by atoms with Crippen LogP contribution in [-0.4, -0.2) is 55.9 Å². The van der Waals surface area contributed by atoms with Gasteiger partial charge in [-0.3, -0.25) is 4.79 Å². The fraction of sp³-hybridized carbons (Fsp3) is 0.500. The molecule has 0 aromatic carbocycles. The standard InChI is InChI=1S/C8H13N3O6S2/c1-18(14,15)3-2-6(8(12)13)11-19(16,17)7-4-9-5-10-7/h4-6,11H,2-3H2,1H3,(H,9,10)(H,12,13). The monoisotopic (exact) mass is 311 g/mol. The zero-order chi connectivity index (χ0) is 14.7. The van der Waals surface area contributed by atoms with Crippen LogP contribution in [-0.2, 0) is 24.7 Å². The maximum absolute atomic E-state index is 11.7. The summed E-state index contributed by atoms with van der Waals surface area (Å²) >= 11 is 0. The van der Waals surface area contributed by atoms with Crippen molar-refractivity contribution in [3.05, 3.63) is 12.5 Å². The van der Waals surface area contributed by atoms with E-state index in [-0.39, 0.29) is 11.4 Å². The molecule has 1 heterocycles. The van der Waals surface area contributed by atoms with E-state index in [9.17, 15) is 21.6 Å². The van der Waals surface area contributed by atoms with Gasteiger partial charge in [-0.15, -0.1) is 0 Å². The summed E-state index contributed by atoms with van der Waals surface area (Å²) in [7, 11) is -7.45. The number of nitrogens with one attached hydrogen (secondary N) is 2. The number of aromatic amines is 1. The van der Waals surface area contributed by atoms with Crippen LogP contribution < -0.4 is 4.72 Å². The van der Waals surface area contributed by atoms with E-state index in [4.69, 9.17) is 5.11 Å². The molecule has 0 amide bonds. The molecule has 0 saturated carbocycles. The van der Waals surface area contributed by atoms with Crippen LogP contribution in [0.5, 0.6) is 0 Å². The fourth-order valence-corrected chi connectivity index (χ4v) is 3.00. The normalized spacial score (nSPS) is 14.2. The Labute approximate surface area is 110 Å². The van der Waals surface area contributed by atoms with E-state index in [2.05, 4.69) is 9.97 Å². The Kier molecular flexibility index (Phi) is 4.66. The summed E-state index contributed by atoms with van der Waals surface area (Å²) in [6, 6.07) is -1.52. The van der Waals surface area contributed by atoms with E-state index in [0.29, 0.717) is 0 Å². The summed E-state index contributed by atoms with van der Waals surface area (Å²) in [6.07, 6.45) is 2.72. The summed E-state index contributed by atoms with van der Waals surface area (Å²) in [5.41, 5.74) is 0. The second-order valence-corrected chi connectivity index (χ2v) is 7.79. The lowest BCUT2D eigenvalue weighted by Gasteiger charge is -2.13. The number of sulfonamides is 1. The number of nitrogens with zero attached hydrogens (tertiary/aromatic N) is 1. The first-order chi connectivity index (χ1) is 8.62. The van der Waals surface area contributed by atoms with Gasteiger partial charge in [0.25, 0.3) is 10.0 Å². The molecule has 9 nitrogen and oxygen atoms in total. The highest BCUT2D eigenvalue weighted by atomic mass is 32.2. The second kappa shape index (κ2) is 5.67. The summed E-state index contributed by atoms with van der Waals surface area (Å²) < 4.78 is 47.3. The van der Waals surface area contributed by atoms with Crippen molar-refractivity contribution >= 4 is 25.8 Å². The number of aromatic nitrogens is 2. The van der Waals surface area contributed by atoms with E-state index in [1.54, 1.807) is 0 Å². The predicted octanol–water partition coefficient (Wildman–Crippen LogP) is -1.42. The molecule has 1 atom stereocenters. The van der Waals surface area contributed by atoms with Gasteiger partial charge in [0, 0.05) is 6.26 Å². The second-order valence-electron chi connectivity index (χ2n) is 3.85. The molecule has 1 aromatic rings. The van der Waals surface area contributed by atoms with Crippen LogP contribution in [0.4, 0.5) is 0 Å². The highest BCUT2D eigenvalue weighted by Gasteiger charge is 2.27. The van der Waals surface area contributed by atoms with Gasteiger partial charge in [-0.25, -0.2) is 21.8 Å². The lowest BCUT2D eigenvalue weighted by Crippen LogP contribution is -2.41. The van der Waals surface area contributed by atoms with E-state index in [1.807, 2.05) is 4.72 Å². The van der Waals surface area contributed by atoms with E-state index >= 15 is 0 Å². The Balaban J connectivity index is 2.83. The number of carboxylic acids is 1. The van der Waals surface area contributed by atoms with E-state index in [1.165, 1.54) is 0 Å². The van der Waals surface area contributed by atoms with Crippen molar-refractivity contribution in [2.45, 2.75) is 17.5 Å². The molecular formula is C8H13N3O6S2. The number of sulfone groups is 1. The highest BCUT2D eigenvalue weighted by molar-refractivity contribution is 7.90. The average Bonchev–Trinajstić information content (AvgIpc) is 2.76. The maximum atomic E-state index is 11.7. The smallest absolute Gasteiger partial charge is 0.321 e. The molecular weight excluding hydrogens is 298 g/mol. The molecule has 3 N–H and O–H groups in total. The number of carboxylic acid groups (broad SMARTS) is 1. The minimum absolute atomic E-state index is 0.293. The van der Waals surface area contributed by atoms with E-state index in [0.717, 1.165) is 18.8 Å². The quantitative estimate of drug-likeness (QED) is 0.559. The number of hydrogen-bond donors (Lipinski definition) is 3. The first-order valence-corrected chi connectivity index (χ1v) is 8.57. The summed E-state index contributed by atoms with van der Waals surface area (Å²) in [5.74, 6) is -1.89. The molecule has 0 radical (unpaired) electrons. The van der Waals surface area contributed by atoms with Crippen LogP contribution in [0.1, 0.15) is 6.42 Å². The zero-order valence-corrected chi connectivity index (χ0v) is 11.5. The van der Waals surface area contributed by atoms with Gasteiger partial charge in [-0.1, -0.05) is 0 Å². The average molecular weight is 311 g/mol. The largest absolute Gasteiger partial charge is 0.480 e. The van der Waals surface area contributed by atoms with Crippen LogP contribution in [0.15, 0.2) is 17.6 Å². The van der Waals surface area contributed by atoms with Crippen LogP contribution in [0.2, 0.25) is 0 Å². The number of imidazole rings is 1. The molecule has 0 aliphatic heterocycles. The van der Waals surface area contributed by atoms with E-state index < -0.39 is 37.6 Å². The van der Waals surface area contributed by atoms with Gasteiger partial charge >= 0.3 is 5.97 Å². The topological polar surface area (TPSA) is 146 Å². The lowest BCUT2D eigenvalue weighted by atomic mass is 10.2. The molecule has 1 rings (SSSR count). The molecule has 0 saturated heterocycles. The van der Waals surface area contributed by atoms with Gasteiger partial charge in [0.2, 0.25) is 0 Å². The van der Waals surface area contributed by atoms with Gasteiger partial charge < -0.3 is 10.1 Å². The Morgan fingerprint density at radius 2 is 2.11 bits per heavy atom. The van der Waals surface area contributed by atoms with Crippen LogP contribution >= 0.6 is 0 Å². The Morgan fingerprint density at radius 1 is 1.47 bits per heavy atom. The molecule has 0 bridgehead atoms. The minimum atomic E-state index is -4.07. The molecule has 1 unspecified atom stereocenters. The van der Waals surface area contributed by atoms with Gasteiger partial charge in [-0.05, 0) is 6.42 Å². The molecule has 0 fully saturated rings. The third-order valence-electron chi connectivity index (χ3n) is 2.14. The first kappa shape index (κ1) is 15.6. The summed E-state index contributed by atoms with van der Waals surface area (Å²) in [5, 5.41) is 8.59. The van der Waals surface area contributed by atoms with Crippen molar-refractivity contribution < 1.29 is 26.7 Å². The maximum Gasteiger partial charge on any atom is 0.321 e. The van der Waals surface area contributed by atoms with Gasteiger partial charge in [0.05, 0.1) is 18.3 Å². The lowest BCUT2D eigenvalue weighted by molar-refractivity contribution is -0.139. The Morgan fingerprint density at radius 3 is 2.53 bits per heavy atom. The minimum Gasteiger partial charge on any atom is -0.480 e. The molecule has 1 aromatic heterocycles. The van der Waals surface area contributed by atoms with Crippen LogP contribution in [0.3, 0.4) is 0 Å². The van der Waals surface area contributed by atoms with Crippen LogP contribution in [0, 0.1) is 0 Å². The van der Waals surface area contributed by atoms with Gasteiger partial charge in [0.1, 0.15) is 15.9 Å². The third kappa shape index (κ3) is 4.96. The zero-order valence-electron chi connectivity index (χ0n) is 9.90. The summed E-state index contributed by atoms with van der Waals surface area (Å²) in [6.45, 7) is 0. The number of hydrogen-bond acceptors (Lipinski definition) is 6. The Bertz CT molecular complexity index is 634. The molecule has 19 heavy (non-hydrogen) atoms. The molecule has 0 aliphatic carbocycles. The first-order valence-electron chi connectivity index (χ1n) is 5.03. The third-order valence-corrected chi connectivity index (χ3v) is 4.51. The van der Waals surface area contributed by atoms with Crippen molar-refractivity contribution in [2.75, 3.05) is 12.0 Å². The number of carbonyl (C=O) groups is 1. The number of H-pyrrole nitrogens is 1. The van der Waals surface area contributed by atoms with Gasteiger partial charge in [-0.2, -0.15) is 4.72 Å². The van der Waals surface area contributed by atoms with Crippen molar-refractivity contribution in [1.29, 1.82) is 0 Å². The van der Waals surface area contributed by atoms with Crippen molar-refractivity contribution in [3.8, 4) is 0 Å². The SMILES string of the molecule is CS(=O)(=O)CCC(NS(=O)(=O)c1cnc[nH]1)C(=O)O. The fourth-order valence-electron chi connectivity index (χ4n) is 1.21. The molecule has 108 valence electrons. The molecule has 11 heteroatoms. The molecule has 0 spiro atoms. The Hall–Kier alpha value is -1.46.